The Hall–Kier alpha value is -3.65. The minimum Gasteiger partial charge on any atom is -0.395 e. The molecule has 32 heavy (non-hydrogen) atoms. The smallest absolute Gasteiger partial charge is 0.151 e. The van der Waals surface area contributed by atoms with Crippen molar-refractivity contribution in [2.45, 2.75) is 6.92 Å². The van der Waals surface area contributed by atoms with E-state index in [0.29, 0.717) is 12.1 Å². The highest BCUT2D eigenvalue weighted by Crippen LogP contribution is 2.30. The molecule has 4 aromatic rings. The lowest BCUT2D eigenvalue weighted by atomic mass is 9.97. The fourth-order valence-electron chi connectivity index (χ4n) is 3.46. The number of carbonyl (C=O) groups is 1. The molecule has 4 rings (SSSR count). The third-order valence-electron chi connectivity index (χ3n) is 5.02. The summed E-state index contributed by atoms with van der Waals surface area (Å²) in [6.45, 7) is 2.56. The maximum absolute atomic E-state index is 11.7. The van der Waals surface area contributed by atoms with E-state index in [1.807, 2.05) is 49.4 Å². The molecule has 0 saturated carbocycles. The number of hydrogen-bond acceptors (Lipinski definition) is 7. The van der Waals surface area contributed by atoms with Gasteiger partial charge in [-0.3, -0.25) is 21.0 Å². The number of aliphatic hydroxyl groups excluding tert-OH is 1. The summed E-state index contributed by atoms with van der Waals surface area (Å²) in [6.07, 6.45) is 4.25. The second-order valence-electron chi connectivity index (χ2n) is 7.10. The zero-order chi connectivity index (χ0) is 22.9. The van der Waals surface area contributed by atoms with Crippen LogP contribution in [0.25, 0.3) is 33.3 Å². The Morgan fingerprint density at radius 3 is 2.19 bits per heavy atom. The predicted octanol–water partition coefficient (Wildman–Crippen LogP) is 3.57. The largest absolute Gasteiger partial charge is 0.395 e. The Morgan fingerprint density at radius 1 is 1.00 bits per heavy atom. The highest BCUT2D eigenvalue weighted by Gasteiger charge is 2.13. The molecule has 164 valence electrons. The van der Waals surface area contributed by atoms with Crippen molar-refractivity contribution in [2.24, 2.45) is 5.84 Å². The fraction of sp³-hybridized carbons (Fsp3) is 0.160. The summed E-state index contributed by atoms with van der Waals surface area (Å²) in [5.74, 6) is 4.60. The molecule has 2 heterocycles. The number of nitrogens with one attached hydrogen (secondary N) is 2. The van der Waals surface area contributed by atoms with Gasteiger partial charge in [0.2, 0.25) is 0 Å². The molecule has 0 radical (unpaired) electrons. The SMILES string of the molecule is CNN.Cc1c(-c2ccc(-c3ccc(NCCO)cc3)cc2)nc2ccncc2c1C=O. The van der Waals surface area contributed by atoms with Crippen molar-refractivity contribution >= 4 is 22.9 Å². The Bertz CT molecular complexity index is 1180. The van der Waals surface area contributed by atoms with Gasteiger partial charge in [-0.25, -0.2) is 4.98 Å². The van der Waals surface area contributed by atoms with Crippen LogP contribution in [-0.4, -0.2) is 41.6 Å². The zero-order valence-electron chi connectivity index (χ0n) is 18.2. The Kier molecular flexibility index (Phi) is 7.99. The number of aldehydes is 1. The normalized spacial score (nSPS) is 10.4. The van der Waals surface area contributed by atoms with Crippen LogP contribution in [0, 0.1) is 6.92 Å². The summed E-state index contributed by atoms with van der Waals surface area (Å²) in [7, 11) is 1.65. The number of aromatic nitrogens is 2. The second kappa shape index (κ2) is 11.1. The summed E-state index contributed by atoms with van der Waals surface area (Å²) < 4.78 is 0. The minimum atomic E-state index is 0.105. The van der Waals surface area contributed by atoms with Crippen molar-refractivity contribution in [3.63, 3.8) is 0 Å². The molecular weight excluding hydrogens is 402 g/mol. The maximum Gasteiger partial charge on any atom is 0.151 e. The van der Waals surface area contributed by atoms with Crippen LogP contribution in [0.3, 0.4) is 0 Å². The molecular formula is C25H27N5O2. The number of nitrogens with two attached hydrogens (primary N) is 1. The van der Waals surface area contributed by atoms with Crippen molar-refractivity contribution in [1.29, 1.82) is 0 Å². The van der Waals surface area contributed by atoms with E-state index < -0.39 is 0 Å². The van der Waals surface area contributed by atoms with Gasteiger partial charge in [-0.15, -0.1) is 0 Å². The molecule has 7 heteroatoms. The molecule has 0 fully saturated rings. The number of carbonyl (C=O) groups excluding carboxylic acids is 1. The first kappa shape index (κ1) is 23.0. The molecule has 0 unspecified atom stereocenters. The third kappa shape index (κ3) is 5.15. The van der Waals surface area contributed by atoms with E-state index in [9.17, 15) is 4.79 Å². The van der Waals surface area contributed by atoms with Crippen LogP contribution >= 0.6 is 0 Å². The van der Waals surface area contributed by atoms with E-state index in [0.717, 1.165) is 50.8 Å². The van der Waals surface area contributed by atoms with Gasteiger partial charge in [0.25, 0.3) is 0 Å². The Labute approximate surface area is 187 Å². The first-order valence-corrected chi connectivity index (χ1v) is 10.2. The Morgan fingerprint density at radius 2 is 1.59 bits per heavy atom. The lowest BCUT2D eigenvalue weighted by Crippen LogP contribution is -2.13. The highest BCUT2D eigenvalue weighted by atomic mass is 16.3. The second-order valence-corrected chi connectivity index (χ2v) is 7.10. The summed E-state index contributed by atoms with van der Waals surface area (Å²) in [5, 5.41) is 12.8. The molecule has 0 spiro atoms. The topological polar surface area (TPSA) is 113 Å². The molecule has 0 aliphatic rings. The molecule has 0 aliphatic heterocycles. The van der Waals surface area contributed by atoms with Crippen molar-refractivity contribution in [2.75, 3.05) is 25.5 Å². The van der Waals surface area contributed by atoms with Crippen LogP contribution in [0.2, 0.25) is 0 Å². The fourth-order valence-corrected chi connectivity index (χ4v) is 3.46. The number of hydrogen-bond donors (Lipinski definition) is 4. The highest BCUT2D eigenvalue weighted by molar-refractivity contribution is 5.99. The molecule has 0 amide bonds. The standard InChI is InChI=1S/C24H21N3O2.CH6N2/c1-16-22(15-29)21-14-25-11-10-23(21)27-24(16)19-4-2-17(3-5-19)18-6-8-20(9-7-18)26-12-13-28;1-3-2/h2-11,14-15,26,28H,12-13H2,1H3;3H,2H2,1H3. The summed E-state index contributed by atoms with van der Waals surface area (Å²) in [4.78, 5) is 20.6. The van der Waals surface area contributed by atoms with Gasteiger partial charge in [-0.05, 0) is 48.9 Å². The van der Waals surface area contributed by atoms with Crippen molar-refractivity contribution in [3.05, 3.63) is 78.1 Å². The van der Waals surface area contributed by atoms with Crippen molar-refractivity contribution in [1.82, 2.24) is 15.4 Å². The van der Waals surface area contributed by atoms with Crippen LogP contribution < -0.4 is 16.6 Å². The van der Waals surface area contributed by atoms with Gasteiger partial charge in [0.15, 0.2) is 6.29 Å². The zero-order valence-corrected chi connectivity index (χ0v) is 18.2. The lowest BCUT2D eigenvalue weighted by Gasteiger charge is -2.12. The lowest BCUT2D eigenvalue weighted by molar-refractivity contribution is 0.112. The molecule has 0 atom stereocenters. The summed E-state index contributed by atoms with van der Waals surface area (Å²) >= 11 is 0. The van der Waals surface area contributed by atoms with Crippen molar-refractivity contribution in [3.8, 4) is 22.4 Å². The van der Waals surface area contributed by atoms with E-state index in [1.165, 1.54) is 0 Å². The summed E-state index contributed by atoms with van der Waals surface area (Å²) in [6, 6.07) is 18.1. The first-order chi connectivity index (χ1) is 15.6. The number of rotatable bonds is 6. The number of pyridine rings is 2. The molecule has 5 N–H and O–H groups in total. The van der Waals surface area contributed by atoms with Gasteiger partial charge >= 0.3 is 0 Å². The average molecular weight is 430 g/mol. The van der Waals surface area contributed by atoms with Crippen LogP contribution in [0.1, 0.15) is 15.9 Å². The molecule has 2 aromatic heterocycles. The van der Waals surface area contributed by atoms with E-state index in [-0.39, 0.29) is 6.61 Å². The Balaban J connectivity index is 0.000000913. The quantitative estimate of drug-likeness (QED) is 0.210. The van der Waals surface area contributed by atoms with Gasteiger partial charge in [-0.2, -0.15) is 0 Å². The van der Waals surface area contributed by atoms with Crippen molar-refractivity contribution < 1.29 is 9.90 Å². The van der Waals surface area contributed by atoms with Gasteiger partial charge in [-0.1, -0.05) is 36.4 Å². The number of nitrogens with zero attached hydrogens (tertiary/aromatic N) is 2. The molecule has 2 aromatic carbocycles. The number of aliphatic hydroxyl groups is 1. The molecule has 0 bridgehead atoms. The van der Waals surface area contributed by atoms with E-state index in [2.05, 4.69) is 33.7 Å². The van der Waals surface area contributed by atoms with E-state index >= 15 is 0 Å². The maximum atomic E-state index is 11.7. The number of fused-ring (bicyclic) bond motifs is 1. The van der Waals surface area contributed by atoms with E-state index in [4.69, 9.17) is 10.1 Å². The number of hydrazine groups is 1. The van der Waals surface area contributed by atoms with Gasteiger partial charge in [0.05, 0.1) is 17.8 Å². The van der Waals surface area contributed by atoms with Gasteiger partial charge in [0, 0.05) is 41.1 Å². The molecule has 0 aliphatic carbocycles. The van der Waals surface area contributed by atoms with Gasteiger partial charge in [0.1, 0.15) is 0 Å². The van der Waals surface area contributed by atoms with Crippen LogP contribution in [0.15, 0.2) is 67.0 Å². The van der Waals surface area contributed by atoms with Crippen LogP contribution in [0.5, 0.6) is 0 Å². The minimum absolute atomic E-state index is 0.105. The van der Waals surface area contributed by atoms with Crippen LogP contribution in [-0.2, 0) is 0 Å². The first-order valence-electron chi connectivity index (χ1n) is 10.2. The monoisotopic (exact) mass is 429 g/mol. The van der Waals surface area contributed by atoms with Gasteiger partial charge < -0.3 is 10.4 Å². The number of benzene rings is 2. The summed E-state index contributed by atoms with van der Waals surface area (Å²) in [5.41, 5.74) is 9.45. The van der Waals surface area contributed by atoms with Crippen LogP contribution in [0.4, 0.5) is 5.69 Å². The van der Waals surface area contributed by atoms with E-state index in [1.54, 1.807) is 19.4 Å². The molecule has 7 nitrogen and oxygen atoms in total. The predicted molar refractivity (Wildman–Crippen MR) is 129 cm³/mol. The average Bonchev–Trinajstić information content (AvgIpc) is 2.83. The third-order valence-corrected chi connectivity index (χ3v) is 5.02. The number of anilines is 1. The molecule has 0 saturated heterocycles.